The molecule has 1 spiro atoms. The van der Waals surface area contributed by atoms with Gasteiger partial charge in [-0.2, -0.15) is 0 Å². The van der Waals surface area contributed by atoms with Crippen LogP contribution in [-0.2, 0) is 0 Å². The number of rotatable bonds is 0. The highest BCUT2D eigenvalue weighted by atomic mass is 79.9. The van der Waals surface area contributed by atoms with Crippen molar-refractivity contribution in [3.05, 3.63) is 0 Å². The van der Waals surface area contributed by atoms with Crippen LogP contribution in [0.1, 0.15) is 32.1 Å². The van der Waals surface area contributed by atoms with Crippen molar-refractivity contribution in [2.45, 2.75) is 36.9 Å². The summed E-state index contributed by atoms with van der Waals surface area (Å²) in [5, 5.41) is 3.48. The third-order valence-electron chi connectivity index (χ3n) is 3.31. The Bertz CT molecular complexity index is 130. The molecule has 2 rings (SSSR count). The van der Waals surface area contributed by atoms with Crippen LogP contribution in [0.4, 0.5) is 0 Å². The molecule has 1 aliphatic carbocycles. The van der Waals surface area contributed by atoms with Crippen molar-refractivity contribution in [1.82, 2.24) is 5.32 Å². The molecule has 0 unspecified atom stereocenters. The molecule has 2 heteroatoms. The van der Waals surface area contributed by atoms with E-state index in [1.54, 1.807) is 0 Å². The van der Waals surface area contributed by atoms with Crippen molar-refractivity contribution >= 4 is 15.9 Å². The molecule has 0 aromatic carbocycles. The average Bonchev–Trinajstić information content (AvgIpc) is 2.45. The normalized spacial score (nSPS) is 45.0. The minimum Gasteiger partial charge on any atom is -0.316 e. The van der Waals surface area contributed by atoms with Crippen molar-refractivity contribution in [2.75, 3.05) is 13.1 Å². The lowest BCUT2D eigenvalue weighted by molar-refractivity contribution is 0.222. The maximum atomic E-state index is 3.70. The first-order valence-corrected chi connectivity index (χ1v) is 5.57. The van der Waals surface area contributed by atoms with E-state index in [4.69, 9.17) is 0 Å². The lowest BCUT2D eigenvalue weighted by Gasteiger charge is -2.34. The molecule has 1 heterocycles. The predicted molar refractivity (Wildman–Crippen MR) is 51.1 cm³/mol. The molecule has 1 nitrogen and oxygen atoms in total. The number of nitrogens with one attached hydrogen (secondary N) is 1. The molecule has 11 heavy (non-hydrogen) atoms. The molecule has 64 valence electrons. The summed E-state index contributed by atoms with van der Waals surface area (Å²) in [6.07, 6.45) is 7.09. The van der Waals surface area contributed by atoms with E-state index in [-0.39, 0.29) is 0 Å². The quantitative estimate of drug-likeness (QED) is 0.615. The summed E-state index contributed by atoms with van der Waals surface area (Å²) >= 11 is 3.70. The van der Waals surface area contributed by atoms with Crippen LogP contribution >= 0.6 is 15.9 Å². The summed E-state index contributed by atoms with van der Waals surface area (Å²) in [6, 6.07) is 0. The van der Waals surface area contributed by atoms with Gasteiger partial charge in [0.25, 0.3) is 0 Å². The Morgan fingerprint density at radius 3 is 2.45 bits per heavy atom. The SMILES string of the molecule is BrC1CCC2(CCNC2)CC1. The second kappa shape index (κ2) is 3.06. The van der Waals surface area contributed by atoms with E-state index in [1.807, 2.05) is 0 Å². The first-order valence-electron chi connectivity index (χ1n) is 4.66. The smallest absolute Gasteiger partial charge is 0.0146 e. The first kappa shape index (κ1) is 8.06. The van der Waals surface area contributed by atoms with E-state index < -0.39 is 0 Å². The highest BCUT2D eigenvalue weighted by Gasteiger charge is 2.36. The van der Waals surface area contributed by atoms with E-state index in [0.29, 0.717) is 5.41 Å². The number of hydrogen-bond donors (Lipinski definition) is 1. The van der Waals surface area contributed by atoms with Crippen LogP contribution in [-0.4, -0.2) is 17.9 Å². The van der Waals surface area contributed by atoms with Gasteiger partial charge in [-0.15, -0.1) is 0 Å². The van der Waals surface area contributed by atoms with Gasteiger partial charge in [0.05, 0.1) is 0 Å². The van der Waals surface area contributed by atoms with Gasteiger partial charge in [0, 0.05) is 11.4 Å². The molecule has 0 bridgehead atoms. The van der Waals surface area contributed by atoms with Gasteiger partial charge in [-0.1, -0.05) is 15.9 Å². The van der Waals surface area contributed by atoms with E-state index in [2.05, 4.69) is 21.2 Å². The zero-order valence-electron chi connectivity index (χ0n) is 6.91. The molecule has 0 radical (unpaired) electrons. The Morgan fingerprint density at radius 1 is 1.18 bits per heavy atom. The van der Waals surface area contributed by atoms with E-state index in [1.165, 1.54) is 45.2 Å². The fourth-order valence-electron chi connectivity index (χ4n) is 2.42. The zero-order valence-corrected chi connectivity index (χ0v) is 8.49. The minimum absolute atomic E-state index is 0.713. The van der Waals surface area contributed by atoms with Crippen LogP contribution in [0.5, 0.6) is 0 Å². The fraction of sp³-hybridized carbons (Fsp3) is 1.00. The standard InChI is InChI=1S/C9H16BrN/c10-8-1-3-9(4-2-8)5-6-11-7-9/h8,11H,1-7H2. The lowest BCUT2D eigenvalue weighted by Crippen LogP contribution is -2.29. The van der Waals surface area contributed by atoms with Gasteiger partial charge >= 0.3 is 0 Å². The Balaban J connectivity index is 1.94. The van der Waals surface area contributed by atoms with Gasteiger partial charge in [-0.3, -0.25) is 0 Å². The summed E-state index contributed by atoms with van der Waals surface area (Å²) < 4.78 is 0. The second-order valence-electron chi connectivity index (χ2n) is 4.10. The van der Waals surface area contributed by atoms with Crippen LogP contribution in [0.15, 0.2) is 0 Å². The van der Waals surface area contributed by atoms with Gasteiger partial charge in [0.1, 0.15) is 0 Å². The molecule has 0 aromatic rings. The predicted octanol–water partition coefficient (Wildman–Crippen LogP) is 2.30. The van der Waals surface area contributed by atoms with Gasteiger partial charge < -0.3 is 5.32 Å². The Hall–Kier alpha value is 0.440. The van der Waals surface area contributed by atoms with Crippen molar-refractivity contribution in [3.8, 4) is 0 Å². The van der Waals surface area contributed by atoms with E-state index in [9.17, 15) is 0 Å². The topological polar surface area (TPSA) is 12.0 Å². The van der Waals surface area contributed by atoms with E-state index >= 15 is 0 Å². The lowest BCUT2D eigenvalue weighted by atomic mass is 9.73. The molecule has 1 aliphatic heterocycles. The Morgan fingerprint density at radius 2 is 1.91 bits per heavy atom. The van der Waals surface area contributed by atoms with Gasteiger partial charge in [-0.25, -0.2) is 0 Å². The van der Waals surface area contributed by atoms with Crippen LogP contribution in [0.25, 0.3) is 0 Å². The highest BCUT2D eigenvalue weighted by molar-refractivity contribution is 9.09. The summed E-state index contributed by atoms with van der Waals surface area (Å²) in [5.74, 6) is 0. The molecular formula is C9H16BrN. The van der Waals surface area contributed by atoms with Crippen molar-refractivity contribution in [3.63, 3.8) is 0 Å². The third-order valence-corrected chi connectivity index (χ3v) is 4.22. The summed E-state index contributed by atoms with van der Waals surface area (Å²) in [6.45, 7) is 2.54. The molecule has 1 saturated carbocycles. The molecule has 1 saturated heterocycles. The number of hydrogen-bond acceptors (Lipinski definition) is 1. The molecule has 0 atom stereocenters. The largest absolute Gasteiger partial charge is 0.316 e. The van der Waals surface area contributed by atoms with Crippen LogP contribution < -0.4 is 5.32 Å². The maximum absolute atomic E-state index is 3.70. The number of alkyl halides is 1. The summed E-state index contributed by atoms with van der Waals surface area (Å²) in [4.78, 5) is 0.814. The highest BCUT2D eigenvalue weighted by Crippen LogP contribution is 2.42. The molecular weight excluding hydrogens is 202 g/mol. The molecule has 0 amide bonds. The van der Waals surface area contributed by atoms with Crippen molar-refractivity contribution < 1.29 is 0 Å². The third kappa shape index (κ3) is 1.62. The minimum atomic E-state index is 0.713. The van der Waals surface area contributed by atoms with Gasteiger partial charge in [0.2, 0.25) is 0 Å². The van der Waals surface area contributed by atoms with Gasteiger partial charge in [0.15, 0.2) is 0 Å². The first-order chi connectivity index (χ1) is 5.31. The summed E-state index contributed by atoms with van der Waals surface area (Å²) in [5.41, 5.74) is 0.713. The fourth-order valence-corrected chi connectivity index (χ4v) is 2.88. The molecule has 2 aliphatic rings. The van der Waals surface area contributed by atoms with Crippen molar-refractivity contribution in [2.24, 2.45) is 5.41 Å². The molecule has 2 fully saturated rings. The average molecular weight is 218 g/mol. The second-order valence-corrected chi connectivity index (χ2v) is 5.40. The van der Waals surface area contributed by atoms with Crippen LogP contribution in [0.3, 0.4) is 0 Å². The molecule has 1 N–H and O–H groups in total. The van der Waals surface area contributed by atoms with Crippen LogP contribution in [0, 0.1) is 5.41 Å². The van der Waals surface area contributed by atoms with Crippen LogP contribution in [0.2, 0.25) is 0 Å². The summed E-state index contributed by atoms with van der Waals surface area (Å²) in [7, 11) is 0. The maximum Gasteiger partial charge on any atom is 0.0146 e. The van der Waals surface area contributed by atoms with E-state index in [0.717, 1.165) is 4.83 Å². The zero-order chi connectivity index (χ0) is 7.73. The molecule has 0 aromatic heterocycles. The Labute approximate surface area is 77.1 Å². The van der Waals surface area contributed by atoms with Gasteiger partial charge in [-0.05, 0) is 44.1 Å². The van der Waals surface area contributed by atoms with Crippen molar-refractivity contribution in [1.29, 1.82) is 0 Å². The Kier molecular flexibility index (Phi) is 2.24. The number of halogens is 1. The monoisotopic (exact) mass is 217 g/mol.